The van der Waals surface area contributed by atoms with Crippen LogP contribution in [0.15, 0.2) is 36.4 Å². The molecule has 0 fully saturated rings. The number of carbonyl (C=O) groups is 2. The molecular formula is C15H15N3O4. The SMILES string of the molecule is Cn1c(CCC(N)=O)ccc1C(=O)c1ccc([N+](=O)[O-])cc1. The van der Waals surface area contributed by atoms with E-state index in [4.69, 9.17) is 5.73 Å². The molecule has 0 radical (unpaired) electrons. The monoisotopic (exact) mass is 301 g/mol. The molecule has 0 saturated heterocycles. The highest BCUT2D eigenvalue weighted by atomic mass is 16.6. The van der Waals surface area contributed by atoms with Crippen molar-refractivity contribution in [1.29, 1.82) is 0 Å². The van der Waals surface area contributed by atoms with Crippen molar-refractivity contribution in [3.63, 3.8) is 0 Å². The van der Waals surface area contributed by atoms with Gasteiger partial charge in [0.05, 0.1) is 10.6 Å². The minimum Gasteiger partial charge on any atom is -0.370 e. The molecule has 7 nitrogen and oxygen atoms in total. The van der Waals surface area contributed by atoms with Gasteiger partial charge in [-0.2, -0.15) is 0 Å². The maximum Gasteiger partial charge on any atom is 0.269 e. The number of non-ortho nitro benzene ring substituents is 1. The van der Waals surface area contributed by atoms with Gasteiger partial charge in [-0.25, -0.2) is 0 Å². The molecule has 1 aromatic heterocycles. The number of ketones is 1. The summed E-state index contributed by atoms with van der Waals surface area (Å²) in [5.74, 6) is -0.632. The highest BCUT2D eigenvalue weighted by Crippen LogP contribution is 2.17. The minimum atomic E-state index is -0.515. The number of hydrogen-bond donors (Lipinski definition) is 1. The van der Waals surface area contributed by atoms with Gasteiger partial charge in [-0.3, -0.25) is 19.7 Å². The van der Waals surface area contributed by atoms with Crippen LogP contribution in [0.1, 0.15) is 28.2 Å². The normalized spacial score (nSPS) is 10.4. The number of carbonyl (C=O) groups excluding carboxylic acids is 2. The molecule has 22 heavy (non-hydrogen) atoms. The first-order chi connectivity index (χ1) is 10.4. The van der Waals surface area contributed by atoms with Crippen molar-refractivity contribution >= 4 is 17.4 Å². The van der Waals surface area contributed by atoms with Gasteiger partial charge in [0.25, 0.3) is 5.69 Å². The molecule has 114 valence electrons. The van der Waals surface area contributed by atoms with Gasteiger partial charge in [0.2, 0.25) is 11.7 Å². The Morgan fingerprint density at radius 3 is 2.36 bits per heavy atom. The van der Waals surface area contributed by atoms with E-state index in [1.807, 2.05) is 0 Å². The summed E-state index contributed by atoms with van der Waals surface area (Å²) in [6.07, 6.45) is 0.669. The van der Waals surface area contributed by atoms with Crippen LogP contribution in [-0.2, 0) is 18.3 Å². The first-order valence-corrected chi connectivity index (χ1v) is 6.62. The Morgan fingerprint density at radius 2 is 1.82 bits per heavy atom. The van der Waals surface area contributed by atoms with Crippen LogP contribution in [0, 0.1) is 10.1 Å². The average Bonchev–Trinajstić information content (AvgIpc) is 2.85. The molecule has 2 aromatic rings. The van der Waals surface area contributed by atoms with Crippen molar-refractivity contribution in [3.8, 4) is 0 Å². The standard InChI is InChI=1S/C15H15N3O4/c1-17-11(7-9-14(16)19)6-8-13(17)15(20)10-2-4-12(5-3-10)18(21)22/h2-6,8H,7,9H2,1H3,(H2,16,19). The van der Waals surface area contributed by atoms with Crippen LogP contribution < -0.4 is 5.73 Å². The summed E-state index contributed by atoms with van der Waals surface area (Å²) in [6.45, 7) is 0. The zero-order chi connectivity index (χ0) is 16.3. The van der Waals surface area contributed by atoms with Gasteiger partial charge in [-0.15, -0.1) is 0 Å². The third-order valence-electron chi connectivity index (χ3n) is 3.43. The van der Waals surface area contributed by atoms with Crippen LogP contribution in [0.25, 0.3) is 0 Å². The van der Waals surface area contributed by atoms with E-state index in [1.165, 1.54) is 24.3 Å². The van der Waals surface area contributed by atoms with Gasteiger partial charge >= 0.3 is 0 Å². The lowest BCUT2D eigenvalue weighted by Crippen LogP contribution is -2.13. The van der Waals surface area contributed by atoms with Gasteiger partial charge < -0.3 is 10.3 Å². The lowest BCUT2D eigenvalue weighted by atomic mass is 10.1. The second kappa shape index (κ2) is 6.21. The Labute approximate surface area is 126 Å². The van der Waals surface area contributed by atoms with Crippen molar-refractivity contribution in [2.45, 2.75) is 12.8 Å². The Morgan fingerprint density at radius 1 is 1.18 bits per heavy atom. The Kier molecular flexibility index (Phi) is 4.36. The second-order valence-corrected chi connectivity index (χ2v) is 4.87. The van der Waals surface area contributed by atoms with Crippen molar-refractivity contribution < 1.29 is 14.5 Å². The number of aromatic nitrogens is 1. The summed E-state index contributed by atoms with van der Waals surface area (Å²) in [4.78, 5) is 33.3. The van der Waals surface area contributed by atoms with Crippen LogP contribution in [0.5, 0.6) is 0 Å². The van der Waals surface area contributed by atoms with E-state index in [1.54, 1.807) is 23.7 Å². The Balaban J connectivity index is 2.22. The van der Waals surface area contributed by atoms with Crippen molar-refractivity contribution in [2.75, 3.05) is 0 Å². The van der Waals surface area contributed by atoms with E-state index in [9.17, 15) is 19.7 Å². The second-order valence-electron chi connectivity index (χ2n) is 4.87. The molecule has 0 aliphatic rings. The molecular weight excluding hydrogens is 286 g/mol. The number of benzene rings is 1. The molecule has 0 unspecified atom stereocenters. The lowest BCUT2D eigenvalue weighted by molar-refractivity contribution is -0.384. The average molecular weight is 301 g/mol. The molecule has 7 heteroatoms. The number of nitro groups is 1. The largest absolute Gasteiger partial charge is 0.370 e. The molecule has 0 bridgehead atoms. The smallest absolute Gasteiger partial charge is 0.269 e. The summed E-state index contributed by atoms with van der Waals surface area (Å²) in [7, 11) is 1.73. The Hall–Kier alpha value is -2.96. The zero-order valence-corrected chi connectivity index (χ0v) is 12.0. The zero-order valence-electron chi connectivity index (χ0n) is 12.0. The summed E-state index contributed by atoms with van der Waals surface area (Å²) < 4.78 is 1.70. The maximum atomic E-state index is 12.4. The molecule has 0 atom stereocenters. The van der Waals surface area contributed by atoms with Gasteiger partial charge in [-0.1, -0.05) is 0 Å². The highest BCUT2D eigenvalue weighted by Gasteiger charge is 2.16. The number of nitrogens with two attached hydrogens (primary N) is 1. The van der Waals surface area contributed by atoms with E-state index < -0.39 is 10.8 Å². The quantitative estimate of drug-likeness (QED) is 0.496. The van der Waals surface area contributed by atoms with E-state index in [0.717, 1.165) is 5.69 Å². The fourth-order valence-corrected chi connectivity index (χ4v) is 2.17. The number of nitro benzene ring substituents is 1. The first kappa shape index (κ1) is 15.4. The van der Waals surface area contributed by atoms with Gasteiger partial charge in [-0.05, 0) is 30.7 Å². The van der Waals surface area contributed by atoms with E-state index in [0.29, 0.717) is 17.7 Å². The van der Waals surface area contributed by atoms with Crippen LogP contribution in [0.3, 0.4) is 0 Å². The molecule has 1 aromatic carbocycles. The molecule has 2 N–H and O–H groups in total. The molecule has 0 spiro atoms. The third-order valence-corrected chi connectivity index (χ3v) is 3.43. The number of aryl methyl sites for hydroxylation is 1. The van der Waals surface area contributed by atoms with Crippen molar-refractivity contribution in [3.05, 3.63) is 63.5 Å². The van der Waals surface area contributed by atoms with Gasteiger partial charge in [0.15, 0.2) is 0 Å². The fraction of sp³-hybridized carbons (Fsp3) is 0.200. The molecule has 0 aliphatic heterocycles. The molecule has 2 rings (SSSR count). The fourth-order valence-electron chi connectivity index (χ4n) is 2.17. The van der Waals surface area contributed by atoms with Crippen LogP contribution in [-0.4, -0.2) is 21.2 Å². The first-order valence-electron chi connectivity index (χ1n) is 6.62. The van der Waals surface area contributed by atoms with E-state index in [2.05, 4.69) is 0 Å². The predicted octanol–water partition coefficient (Wildman–Crippen LogP) is 1.58. The van der Waals surface area contributed by atoms with Crippen LogP contribution >= 0.6 is 0 Å². The number of amides is 1. The summed E-state index contributed by atoms with van der Waals surface area (Å²) in [6, 6.07) is 8.88. The molecule has 0 saturated carbocycles. The predicted molar refractivity (Wildman–Crippen MR) is 79.5 cm³/mol. The summed E-state index contributed by atoms with van der Waals surface area (Å²) >= 11 is 0. The minimum absolute atomic E-state index is 0.0643. The van der Waals surface area contributed by atoms with E-state index >= 15 is 0 Å². The Bertz CT molecular complexity index is 732. The summed E-state index contributed by atoms with van der Waals surface area (Å²) in [5, 5.41) is 10.6. The van der Waals surface area contributed by atoms with Crippen molar-refractivity contribution in [1.82, 2.24) is 4.57 Å². The lowest BCUT2D eigenvalue weighted by Gasteiger charge is -2.06. The van der Waals surface area contributed by atoms with Crippen molar-refractivity contribution in [2.24, 2.45) is 12.8 Å². The van der Waals surface area contributed by atoms with E-state index in [-0.39, 0.29) is 17.9 Å². The van der Waals surface area contributed by atoms with Crippen LogP contribution in [0.4, 0.5) is 5.69 Å². The number of rotatable bonds is 6. The topological polar surface area (TPSA) is 108 Å². The molecule has 0 aliphatic carbocycles. The molecule has 1 amide bonds. The van der Waals surface area contributed by atoms with Gasteiger partial charge in [0.1, 0.15) is 0 Å². The number of hydrogen-bond acceptors (Lipinski definition) is 4. The third kappa shape index (κ3) is 3.20. The number of primary amides is 1. The molecule has 1 heterocycles. The maximum absolute atomic E-state index is 12.4. The highest BCUT2D eigenvalue weighted by molar-refractivity contribution is 6.08. The van der Waals surface area contributed by atoms with Gasteiger partial charge in [0, 0.05) is 36.9 Å². The summed E-state index contributed by atoms with van der Waals surface area (Å²) in [5.41, 5.74) is 6.70. The number of nitrogens with zero attached hydrogens (tertiary/aromatic N) is 2. The van der Waals surface area contributed by atoms with Crippen LogP contribution in [0.2, 0.25) is 0 Å².